The number of sulfone groups is 1. The Kier molecular flexibility index (Phi) is 3.45. The number of halogens is 1. The van der Waals surface area contributed by atoms with Crippen LogP contribution in [-0.4, -0.2) is 19.7 Å². The Balaban J connectivity index is 2.34. The normalized spacial score (nSPS) is 13.5. The van der Waals surface area contributed by atoms with Crippen LogP contribution in [0.25, 0.3) is 11.3 Å². The molecule has 0 aliphatic carbocycles. The lowest BCUT2D eigenvalue weighted by atomic mass is 10.2. The summed E-state index contributed by atoms with van der Waals surface area (Å²) >= 11 is 5.85. The molecule has 0 amide bonds. The van der Waals surface area contributed by atoms with E-state index in [1.807, 2.05) is 0 Å². The van der Waals surface area contributed by atoms with Gasteiger partial charge in [-0.15, -0.1) is 11.6 Å². The summed E-state index contributed by atoms with van der Waals surface area (Å²) in [7, 11) is -3.18. The van der Waals surface area contributed by atoms with Crippen LogP contribution in [0.15, 0.2) is 39.8 Å². The summed E-state index contributed by atoms with van der Waals surface area (Å²) in [6.07, 6.45) is 2.74. The third kappa shape index (κ3) is 2.73. The van der Waals surface area contributed by atoms with E-state index in [1.54, 1.807) is 25.3 Å². The van der Waals surface area contributed by atoms with E-state index in [0.717, 1.165) is 5.56 Å². The van der Waals surface area contributed by atoms with Crippen LogP contribution in [0.1, 0.15) is 18.2 Å². The predicted octanol–water partition coefficient (Wildman–Crippen LogP) is 3.04. The molecule has 1 atom stereocenters. The molecule has 0 aliphatic rings. The minimum Gasteiger partial charge on any atom is -0.439 e. The molecule has 0 N–H and O–H groups in total. The van der Waals surface area contributed by atoms with Crippen LogP contribution in [0.4, 0.5) is 0 Å². The van der Waals surface area contributed by atoms with E-state index < -0.39 is 9.84 Å². The Labute approximate surface area is 111 Å². The summed E-state index contributed by atoms with van der Waals surface area (Å²) in [6.45, 7) is 1.77. The fraction of sp³-hybridized carbons (Fsp3) is 0.250. The fourth-order valence-corrected chi connectivity index (χ4v) is 2.20. The standard InChI is InChI=1S/C12H12ClNO3S/c1-8(13)12-14-7-11(17-12)9-3-5-10(6-4-9)18(2,15)16/h3-8H,1-2H3. The average Bonchev–Trinajstić information content (AvgIpc) is 2.77. The van der Waals surface area contributed by atoms with Crippen molar-refractivity contribution >= 4 is 21.4 Å². The van der Waals surface area contributed by atoms with Gasteiger partial charge in [-0.2, -0.15) is 0 Å². The van der Waals surface area contributed by atoms with Crippen molar-refractivity contribution in [2.75, 3.05) is 6.26 Å². The Bertz CT molecular complexity index is 644. The molecule has 0 fully saturated rings. The first-order chi connectivity index (χ1) is 8.38. The fourth-order valence-electron chi connectivity index (χ4n) is 1.47. The molecule has 0 saturated carbocycles. The van der Waals surface area contributed by atoms with Crippen LogP contribution in [0, 0.1) is 0 Å². The largest absolute Gasteiger partial charge is 0.439 e. The van der Waals surface area contributed by atoms with E-state index in [0.29, 0.717) is 11.7 Å². The highest BCUT2D eigenvalue weighted by Crippen LogP contribution is 2.26. The zero-order valence-corrected chi connectivity index (χ0v) is 11.5. The van der Waals surface area contributed by atoms with Crippen LogP contribution < -0.4 is 0 Å². The lowest BCUT2D eigenvalue weighted by Crippen LogP contribution is -1.95. The monoisotopic (exact) mass is 285 g/mol. The number of hydrogen-bond donors (Lipinski definition) is 0. The first-order valence-corrected chi connectivity index (χ1v) is 7.61. The highest BCUT2D eigenvalue weighted by atomic mass is 35.5. The molecule has 1 aromatic carbocycles. The molecule has 1 aromatic heterocycles. The Hall–Kier alpha value is -1.33. The van der Waals surface area contributed by atoms with Crippen molar-refractivity contribution < 1.29 is 12.8 Å². The van der Waals surface area contributed by atoms with Gasteiger partial charge < -0.3 is 4.42 Å². The van der Waals surface area contributed by atoms with Gasteiger partial charge in [0.15, 0.2) is 15.6 Å². The van der Waals surface area contributed by atoms with Crippen molar-refractivity contribution in [3.63, 3.8) is 0 Å². The van der Waals surface area contributed by atoms with Crippen LogP contribution >= 0.6 is 11.6 Å². The van der Waals surface area contributed by atoms with E-state index in [1.165, 1.54) is 18.4 Å². The minimum atomic E-state index is -3.18. The summed E-state index contributed by atoms with van der Waals surface area (Å²) in [5.74, 6) is 1.01. The number of aromatic nitrogens is 1. The van der Waals surface area contributed by atoms with Crippen molar-refractivity contribution in [3.8, 4) is 11.3 Å². The van der Waals surface area contributed by atoms with Crippen molar-refractivity contribution in [3.05, 3.63) is 36.4 Å². The summed E-state index contributed by atoms with van der Waals surface area (Å²) in [5, 5.41) is -0.297. The van der Waals surface area contributed by atoms with Gasteiger partial charge in [-0.3, -0.25) is 0 Å². The van der Waals surface area contributed by atoms with Crippen LogP contribution in [0.3, 0.4) is 0 Å². The molecule has 96 valence electrons. The van der Waals surface area contributed by atoms with Gasteiger partial charge in [0.05, 0.1) is 11.1 Å². The topological polar surface area (TPSA) is 60.2 Å². The highest BCUT2D eigenvalue weighted by Gasteiger charge is 2.12. The van der Waals surface area contributed by atoms with E-state index >= 15 is 0 Å². The second kappa shape index (κ2) is 4.74. The molecule has 6 heteroatoms. The summed E-state index contributed by atoms with van der Waals surface area (Å²) in [6, 6.07) is 6.44. The van der Waals surface area contributed by atoms with E-state index in [4.69, 9.17) is 16.0 Å². The van der Waals surface area contributed by atoms with Crippen molar-refractivity contribution in [1.82, 2.24) is 4.98 Å². The lowest BCUT2D eigenvalue weighted by molar-refractivity contribution is 0.508. The second-order valence-corrected chi connectivity index (χ2v) is 6.65. The first-order valence-electron chi connectivity index (χ1n) is 5.28. The molecule has 1 unspecified atom stereocenters. The lowest BCUT2D eigenvalue weighted by Gasteiger charge is -2.00. The van der Waals surface area contributed by atoms with Gasteiger partial charge in [0.25, 0.3) is 0 Å². The summed E-state index contributed by atoms with van der Waals surface area (Å²) < 4.78 is 28.1. The number of nitrogens with zero attached hydrogens (tertiary/aromatic N) is 1. The second-order valence-electron chi connectivity index (χ2n) is 3.98. The maximum Gasteiger partial charge on any atom is 0.212 e. The molecule has 4 nitrogen and oxygen atoms in total. The molecule has 0 bridgehead atoms. The van der Waals surface area contributed by atoms with E-state index in [2.05, 4.69) is 4.98 Å². The van der Waals surface area contributed by atoms with Crippen LogP contribution in [-0.2, 0) is 9.84 Å². The van der Waals surface area contributed by atoms with E-state index in [-0.39, 0.29) is 10.3 Å². The Morgan fingerprint density at radius 1 is 1.28 bits per heavy atom. The van der Waals surface area contributed by atoms with Gasteiger partial charge in [0.1, 0.15) is 5.38 Å². The molecule has 0 aliphatic heterocycles. The van der Waals surface area contributed by atoms with Gasteiger partial charge in [-0.25, -0.2) is 13.4 Å². The molecule has 1 heterocycles. The molecular weight excluding hydrogens is 274 g/mol. The quantitative estimate of drug-likeness (QED) is 0.813. The van der Waals surface area contributed by atoms with Gasteiger partial charge in [-0.05, 0) is 31.2 Å². The maximum atomic E-state index is 11.3. The zero-order valence-electron chi connectivity index (χ0n) is 9.92. The van der Waals surface area contributed by atoms with Gasteiger partial charge in [-0.1, -0.05) is 0 Å². The van der Waals surface area contributed by atoms with Gasteiger partial charge in [0, 0.05) is 11.8 Å². The molecule has 2 rings (SSSR count). The van der Waals surface area contributed by atoms with Gasteiger partial charge >= 0.3 is 0 Å². The Morgan fingerprint density at radius 3 is 2.33 bits per heavy atom. The highest BCUT2D eigenvalue weighted by molar-refractivity contribution is 7.90. The smallest absolute Gasteiger partial charge is 0.212 e. The predicted molar refractivity (Wildman–Crippen MR) is 69.3 cm³/mol. The van der Waals surface area contributed by atoms with Crippen LogP contribution in [0.5, 0.6) is 0 Å². The van der Waals surface area contributed by atoms with E-state index in [9.17, 15) is 8.42 Å². The molecule has 18 heavy (non-hydrogen) atoms. The average molecular weight is 286 g/mol. The molecule has 0 spiro atoms. The number of oxazole rings is 1. The molecule has 0 saturated heterocycles. The van der Waals surface area contributed by atoms with Crippen molar-refractivity contribution in [2.24, 2.45) is 0 Å². The van der Waals surface area contributed by atoms with Crippen LogP contribution in [0.2, 0.25) is 0 Å². The maximum absolute atomic E-state index is 11.3. The molecular formula is C12H12ClNO3S. The van der Waals surface area contributed by atoms with Crippen molar-refractivity contribution in [1.29, 1.82) is 0 Å². The zero-order chi connectivity index (χ0) is 13.3. The number of alkyl halides is 1. The Morgan fingerprint density at radius 2 is 1.89 bits per heavy atom. The first kappa shape index (κ1) is 13.1. The summed E-state index contributed by atoms with van der Waals surface area (Å²) in [4.78, 5) is 4.32. The SMILES string of the molecule is CC(Cl)c1ncc(-c2ccc(S(C)(=O)=O)cc2)o1. The third-order valence-electron chi connectivity index (χ3n) is 2.43. The van der Waals surface area contributed by atoms with Crippen molar-refractivity contribution in [2.45, 2.75) is 17.2 Å². The number of benzene rings is 1. The molecule has 0 radical (unpaired) electrons. The number of hydrogen-bond acceptors (Lipinski definition) is 4. The molecule has 2 aromatic rings. The number of rotatable bonds is 3. The minimum absolute atomic E-state index is 0.275. The third-order valence-corrected chi connectivity index (χ3v) is 3.75. The van der Waals surface area contributed by atoms with Gasteiger partial charge in [0.2, 0.25) is 5.89 Å². The summed E-state index contributed by atoms with van der Waals surface area (Å²) in [5.41, 5.74) is 0.762.